The van der Waals surface area contributed by atoms with Crippen LogP contribution in [0.2, 0.25) is 0 Å². The van der Waals surface area contributed by atoms with Gasteiger partial charge in [-0.25, -0.2) is 4.79 Å². The van der Waals surface area contributed by atoms with E-state index in [-0.39, 0.29) is 12.1 Å². The van der Waals surface area contributed by atoms with Crippen LogP contribution >= 0.6 is 0 Å². The van der Waals surface area contributed by atoms with Crippen LogP contribution in [0.15, 0.2) is 42.5 Å². The molecule has 0 aliphatic rings. The highest BCUT2D eigenvalue weighted by Crippen LogP contribution is 2.32. The summed E-state index contributed by atoms with van der Waals surface area (Å²) in [6, 6.07) is 11.7. The van der Waals surface area contributed by atoms with Gasteiger partial charge in [0.2, 0.25) is 5.91 Å². The van der Waals surface area contributed by atoms with E-state index in [4.69, 9.17) is 15.2 Å². The molecule has 0 heterocycles. The second kappa shape index (κ2) is 12.0. The summed E-state index contributed by atoms with van der Waals surface area (Å²) in [5.41, 5.74) is 7.21. The number of rotatable bonds is 11. The summed E-state index contributed by atoms with van der Waals surface area (Å²) in [5.74, 6) is 0.742. The highest BCUT2D eigenvalue weighted by molar-refractivity contribution is 5.94. The fraction of sp³-hybridized carbons (Fsp3) is 0.417. The summed E-state index contributed by atoms with van der Waals surface area (Å²) < 4.78 is 10.8. The molecule has 2 rings (SSSR count). The topological polar surface area (TPSA) is 97.1 Å². The van der Waals surface area contributed by atoms with Gasteiger partial charge in [0.1, 0.15) is 0 Å². The molecule has 0 bridgehead atoms. The normalized spacial score (nSPS) is 11.7. The van der Waals surface area contributed by atoms with E-state index in [1.165, 1.54) is 0 Å². The minimum absolute atomic E-state index is 0.213. The van der Waals surface area contributed by atoms with Gasteiger partial charge in [-0.2, -0.15) is 0 Å². The number of hydrogen-bond acceptors (Lipinski definition) is 5. The predicted molar refractivity (Wildman–Crippen MR) is 126 cm³/mol. The van der Waals surface area contributed by atoms with Crippen molar-refractivity contribution < 1.29 is 19.1 Å². The molecule has 3 amide bonds. The van der Waals surface area contributed by atoms with Crippen LogP contribution in [0.4, 0.5) is 10.5 Å². The van der Waals surface area contributed by atoms with Crippen molar-refractivity contribution in [2.75, 3.05) is 45.7 Å². The number of carbonyl (C=O) groups is 2. The summed E-state index contributed by atoms with van der Waals surface area (Å²) in [7, 11) is 3.18. The number of hydrogen-bond donors (Lipinski definition) is 2. The molecule has 8 nitrogen and oxygen atoms in total. The minimum atomic E-state index is -0.509. The Labute approximate surface area is 190 Å². The molecule has 2 aromatic rings. The Morgan fingerprint density at radius 1 is 0.969 bits per heavy atom. The number of anilines is 1. The molecular weight excluding hydrogens is 408 g/mol. The average molecular weight is 443 g/mol. The average Bonchev–Trinajstić information content (AvgIpc) is 2.81. The second-order valence-electron chi connectivity index (χ2n) is 7.38. The highest BCUT2D eigenvalue weighted by atomic mass is 16.5. The van der Waals surface area contributed by atoms with Crippen molar-refractivity contribution >= 4 is 17.6 Å². The SMILES string of the molecule is CCN(CC)CCN(C(=O)Nc1ccc(C(N)=O)cc1)C(C)c1ccc(OC)c(OC)c1. The van der Waals surface area contributed by atoms with Crippen LogP contribution in [0.25, 0.3) is 0 Å². The van der Waals surface area contributed by atoms with Gasteiger partial charge in [-0.1, -0.05) is 19.9 Å². The zero-order valence-corrected chi connectivity index (χ0v) is 19.6. The Bertz CT molecular complexity index is 897. The monoisotopic (exact) mass is 442 g/mol. The minimum Gasteiger partial charge on any atom is -0.493 e. The van der Waals surface area contributed by atoms with Crippen molar-refractivity contribution in [3.63, 3.8) is 0 Å². The van der Waals surface area contributed by atoms with Crippen LogP contribution in [-0.4, -0.2) is 62.1 Å². The van der Waals surface area contributed by atoms with Gasteiger partial charge in [0.15, 0.2) is 11.5 Å². The number of nitrogens with one attached hydrogen (secondary N) is 1. The fourth-order valence-electron chi connectivity index (χ4n) is 3.47. The second-order valence-corrected chi connectivity index (χ2v) is 7.38. The molecule has 3 N–H and O–H groups in total. The summed E-state index contributed by atoms with van der Waals surface area (Å²) in [5, 5.41) is 2.93. The fourth-order valence-corrected chi connectivity index (χ4v) is 3.47. The zero-order chi connectivity index (χ0) is 23.7. The zero-order valence-electron chi connectivity index (χ0n) is 19.6. The van der Waals surface area contributed by atoms with E-state index >= 15 is 0 Å². The van der Waals surface area contributed by atoms with Crippen LogP contribution in [0.5, 0.6) is 11.5 Å². The molecule has 0 spiro atoms. The summed E-state index contributed by atoms with van der Waals surface area (Å²) in [6.45, 7) is 9.30. The Morgan fingerprint density at radius 3 is 2.12 bits per heavy atom. The highest BCUT2D eigenvalue weighted by Gasteiger charge is 2.23. The maximum Gasteiger partial charge on any atom is 0.322 e. The molecular formula is C24H34N4O4. The van der Waals surface area contributed by atoms with E-state index in [0.29, 0.717) is 29.3 Å². The third kappa shape index (κ3) is 6.37. The van der Waals surface area contributed by atoms with E-state index in [1.54, 1.807) is 43.4 Å². The molecule has 2 aromatic carbocycles. The van der Waals surface area contributed by atoms with E-state index < -0.39 is 5.91 Å². The number of urea groups is 1. The predicted octanol–water partition coefficient (Wildman–Crippen LogP) is 3.74. The number of nitrogens with zero attached hydrogens (tertiary/aromatic N) is 2. The number of likely N-dealkylation sites (N-methyl/N-ethyl adjacent to an activating group) is 1. The van der Waals surface area contributed by atoms with E-state index in [2.05, 4.69) is 24.1 Å². The standard InChI is InChI=1S/C24H34N4O4/c1-6-27(7-2)14-15-28(17(3)19-10-13-21(31-4)22(16-19)32-5)24(30)26-20-11-8-18(9-12-20)23(25)29/h8-13,16-17H,6-7,14-15H2,1-5H3,(H2,25,29)(H,26,30). The van der Waals surface area contributed by atoms with Crippen molar-refractivity contribution in [1.29, 1.82) is 0 Å². The van der Waals surface area contributed by atoms with Crippen molar-refractivity contribution in [3.05, 3.63) is 53.6 Å². The van der Waals surface area contributed by atoms with Gasteiger partial charge in [-0.05, 0) is 62.0 Å². The first kappa shape index (κ1) is 25.0. The molecule has 0 fully saturated rings. The Hall–Kier alpha value is -3.26. The van der Waals surface area contributed by atoms with Crippen LogP contribution in [0, 0.1) is 0 Å². The quantitative estimate of drug-likeness (QED) is 0.553. The van der Waals surface area contributed by atoms with Crippen molar-refractivity contribution in [1.82, 2.24) is 9.80 Å². The molecule has 1 atom stereocenters. The van der Waals surface area contributed by atoms with Crippen LogP contribution in [0.1, 0.15) is 42.7 Å². The van der Waals surface area contributed by atoms with Crippen LogP contribution < -0.4 is 20.5 Å². The molecule has 0 radical (unpaired) electrons. The molecule has 0 aliphatic heterocycles. The lowest BCUT2D eigenvalue weighted by atomic mass is 10.1. The summed E-state index contributed by atoms with van der Waals surface area (Å²) in [6.07, 6.45) is 0. The van der Waals surface area contributed by atoms with Gasteiger partial charge < -0.3 is 30.3 Å². The lowest BCUT2D eigenvalue weighted by Gasteiger charge is -2.32. The summed E-state index contributed by atoms with van der Waals surface area (Å²) >= 11 is 0. The number of primary amides is 1. The number of methoxy groups -OCH3 is 2. The van der Waals surface area contributed by atoms with Crippen LogP contribution in [-0.2, 0) is 0 Å². The molecule has 1 unspecified atom stereocenters. The molecule has 174 valence electrons. The third-order valence-corrected chi connectivity index (χ3v) is 5.59. The van der Waals surface area contributed by atoms with E-state index in [1.807, 2.05) is 25.1 Å². The number of nitrogens with two attached hydrogens (primary N) is 1. The molecule has 0 aromatic heterocycles. The smallest absolute Gasteiger partial charge is 0.322 e. The molecule has 8 heteroatoms. The third-order valence-electron chi connectivity index (χ3n) is 5.59. The first-order chi connectivity index (χ1) is 15.3. The molecule has 32 heavy (non-hydrogen) atoms. The Balaban J connectivity index is 2.27. The van der Waals surface area contributed by atoms with Crippen molar-refractivity contribution in [2.45, 2.75) is 26.8 Å². The first-order valence-corrected chi connectivity index (χ1v) is 10.8. The summed E-state index contributed by atoms with van der Waals surface area (Å²) in [4.78, 5) is 28.6. The molecule has 0 aliphatic carbocycles. The van der Waals surface area contributed by atoms with Gasteiger partial charge in [-0.3, -0.25) is 4.79 Å². The first-order valence-electron chi connectivity index (χ1n) is 10.8. The van der Waals surface area contributed by atoms with Crippen LogP contribution in [0.3, 0.4) is 0 Å². The maximum atomic E-state index is 13.3. The lowest BCUT2D eigenvalue weighted by molar-refractivity contribution is 0.100. The number of ether oxygens (including phenoxy) is 2. The number of carbonyl (C=O) groups excluding carboxylic acids is 2. The van der Waals surface area contributed by atoms with Gasteiger partial charge in [-0.15, -0.1) is 0 Å². The number of benzene rings is 2. The largest absolute Gasteiger partial charge is 0.493 e. The van der Waals surface area contributed by atoms with Crippen molar-refractivity contribution in [3.8, 4) is 11.5 Å². The molecule has 0 saturated heterocycles. The molecule has 0 saturated carbocycles. The lowest BCUT2D eigenvalue weighted by Crippen LogP contribution is -2.42. The van der Waals surface area contributed by atoms with Gasteiger partial charge in [0.05, 0.1) is 20.3 Å². The van der Waals surface area contributed by atoms with E-state index in [9.17, 15) is 9.59 Å². The van der Waals surface area contributed by atoms with Crippen molar-refractivity contribution in [2.24, 2.45) is 5.73 Å². The van der Waals surface area contributed by atoms with Gasteiger partial charge in [0, 0.05) is 24.3 Å². The Morgan fingerprint density at radius 2 is 1.59 bits per heavy atom. The number of amides is 3. The van der Waals surface area contributed by atoms with Gasteiger partial charge >= 0.3 is 6.03 Å². The maximum absolute atomic E-state index is 13.3. The van der Waals surface area contributed by atoms with Gasteiger partial charge in [0.25, 0.3) is 0 Å². The van der Waals surface area contributed by atoms with E-state index in [0.717, 1.165) is 25.2 Å². The Kier molecular flexibility index (Phi) is 9.34.